The van der Waals surface area contributed by atoms with E-state index < -0.39 is 0 Å². The first-order valence-corrected chi connectivity index (χ1v) is 7.94. The summed E-state index contributed by atoms with van der Waals surface area (Å²) in [6.07, 6.45) is 3.81. The second kappa shape index (κ2) is 7.25. The zero-order chi connectivity index (χ0) is 16.9. The third-order valence-corrected chi connectivity index (χ3v) is 3.79. The van der Waals surface area contributed by atoms with Crippen molar-refractivity contribution in [3.8, 4) is 16.9 Å². The molecular formula is C17H19FN4O2. The van der Waals surface area contributed by atoms with Gasteiger partial charge in [0.05, 0.1) is 6.61 Å². The van der Waals surface area contributed by atoms with Crippen LogP contribution < -0.4 is 15.0 Å². The van der Waals surface area contributed by atoms with E-state index in [1.807, 2.05) is 11.8 Å². The Morgan fingerprint density at radius 3 is 2.83 bits per heavy atom. The zero-order valence-electron chi connectivity index (χ0n) is 13.5. The van der Waals surface area contributed by atoms with Crippen LogP contribution in [0.1, 0.15) is 13.3 Å². The SMILES string of the molecule is CCOc1cc(F)ccc1-c1cnc(N2CCNC(=O)CC2)nc1. The second-order valence-electron chi connectivity index (χ2n) is 5.43. The molecule has 0 aliphatic carbocycles. The lowest BCUT2D eigenvalue weighted by molar-refractivity contribution is -0.120. The van der Waals surface area contributed by atoms with Crippen LogP contribution in [0.5, 0.6) is 5.75 Å². The number of rotatable bonds is 4. The molecular weight excluding hydrogens is 311 g/mol. The molecule has 1 aliphatic rings. The number of hydrogen-bond donors (Lipinski definition) is 1. The van der Waals surface area contributed by atoms with Crippen molar-refractivity contribution in [1.29, 1.82) is 0 Å². The molecule has 1 aromatic heterocycles. The Morgan fingerprint density at radius 1 is 1.29 bits per heavy atom. The van der Waals surface area contributed by atoms with Gasteiger partial charge in [0.1, 0.15) is 11.6 Å². The molecule has 0 radical (unpaired) electrons. The Morgan fingerprint density at radius 2 is 2.08 bits per heavy atom. The Hall–Kier alpha value is -2.70. The number of amides is 1. The van der Waals surface area contributed by atoms with Gasteiger partial charge in [-0.1, -0.05) is 0 Å². The highest BCUT2D eigenvalue weighted by Crippen LogP contribution is 2.30. The molecule has 1 aliphatic heterocycles. The molecule has 2 heterocycles. The van der Waals surface area contributed by atoms with Crippen LogP contribution in [0.3, 0.4) is 0 Å². The number of carbonyl (C=O) groups is 1. The van der Waals surface area contributed by atoms with Crippen molar-refractivity contribution in [1.82, 2.24) is 15.3 Å². The number of nitrogens with zero attached hydrogens (tertiary/aromatic N) is 3. The molecule has 7 heteroatoms. The van der Waals surface area contributed by atoms with Crippen LogP contribution in [0.4, 0.5) is 10.3 Å². The normalized spacial score (nSPS) is 14.9. The second-order valence-corrected chi connectivity index (χ2v) is 5.43. The predicted octanol–water partition coefficient (Wildman–Crippen LogP) is 2.01. The van der Waals surface area contributed by atoms with Gasteiger partial charge in [0, 0.05) is 55.6 Å². The smallest absolute Gasteiger partial charge is 0.225 e. The highest BCUT2D eigenvalue weighted by molar-refractivity contribution is 5.77. The van der Waals surface area contributed by atoms with Gasteiger partial charge in [-0.15, -0.1) is 0 Å². The van der Waals surface area contributed by atoms with Crippen LogP contribution in [-0.2, 0) is 4.79 Å². The minimum atomic E-state index is -0.346. The van der Waals surface area contributed by atoms with Crippen LogP contribution in [-0.4, -0.2) is 42.1 Å². The summed E-state index contributed by atoms with van der Waals surface area (Å²) in [5.74, 6) is 0.747. The highest BCUT2D eigenvalue weighted by atomic mass is 19.1. The summed E-state index contributed by atoms with van der Waals surface area (Å²) in [4.78, 5) is 22.2. The number of carbonyl (C=O) groups excluding carboxylic acids is 1. The molecule has 3 rings (SSSR count). The van der Waals surface area contributed by atoms with Crippen molar-refractivity contribution in [2.75, 3.05) is 31.1 Å². The maximum atomic E-state index is 13.4. The Bertz CT molecular complexity index is 721. The van der Waals surface area contributed by atoms with E-state index in [1.165, 1.54) is 12.1 Å². The lowest BCUT2D eigenvalue weighted by Gasteiger charge is -2.19. The first-order chi connectivity index (χ1) is 11.7. The summed E-state index contributed by atoms with van der Waals surface area (Å²) in [5.41, 5.74) is 1.50. The first kappa shape index (κ1) is 16.2. The van der Waals surface area contributed by atoms with Gasteiger partial charge in [0.2, 0.25) is 11.9 Å². The fourth-order valence-electron chi connectivity index (χ4n) is 2.60. The van der Waals surface area contributed by atoms with Crippen molar-refractivity contribution in [2.45, 2.75) is 13.3 Å². The number of ether oxygens (including phenoxy) is 1. The molecule has 0 bridgehead atoms. The number of nitrogens with one attached hydrogen (secondary N) is 1. The minimum Gasteiger partial charge on any atom is -0.493 e. The van der Waals surface area contributed by atoms with E-state index >= 15 is 0 Å². The van der Waals surface area contributed by atoms with Gasteiger partial charge in [-0.05, 0) is 19.1 Å². The molecule has 126 valence electrons. The lowest BCUT2D eigenvalue weighted by atomic mass is 10.1. The van der Waals surface area contributed by atoms with Crippen LogP contribution >= 0.6 is 0 Å². The molecule has 1 N–H and O–H groups in total. The van der Waals surface area contributed by atoms with Crippen LogP contribution in [0, 0.1) is 5.82 Å². The maximum absolute atomic E-state index is 13.4. The number of anilines is 1. The first-order valence-electron chi connectivity index (χ1n) is 7.94. The monoisotopic (exact) mass is 330 g/mol. The average molecular weight is 330 g/mol. The maximum Gasteiger partial charge on any atom is 0.225 e. The van der Waals surface area contributed by atoms with Gasteiger partial charge in [0.25, 0.3) is 0 Å². The van der Waals surface area contributed by atoms with E-state index in [1.54, 1.807) is 18.5 Å². The molecule has 1 fully saturated rings. The Kier molecular flexibility index (Phi) is 4.88. The van der Waals surface area contributed by atoms with Crippen molar-refractivity contribution >= 4 is 11.9 Å². The molecule has 0 saturated carbocycles. The number of halogens is 1. The number of aromatic nitrogens is 2. The van der Waals surface area contributed by atoms with Gasteiger partial charge in [-0.2, -0.15) is 0 Å². The molecule has 0 spiro atoms. The largest absolute Gasteiger partial charge is 0.493 e. The Labute approximate surface area is 139 Å². The number of benzene rings is 1. The highest BCUT2D eigenvalue weighted by Gasteiger charge is 2.16. The standard InChI is InChI=1S/C17H19FN4O2/c1-2-24-15-9-13(18)3-4-14(15)12-10-20-17(21-11-12)22-7-5-16(23)19-6-8-22/h3-4,9-11H,2,5-8H2,1H3,(H,19,23). The van der Waals surface area contributed by atoms with E-state index in [0.29, 0.717) is 44.4 Å². The summed E-state index contributed by atoms with van der Waals surface area (Å²) in [6.45, 7) is 4.14. The molecule has 24 heavy (non-hydrogen) atoms. The summed E-state index contributed by atoms with van der Waals surface area (Å²) in [7, 11) is 0. The summed E-state index contributed by atoms with van der Waals surface area (Å²) in [6, 6.07) is 4.41. The van der Waals surface area contributed by atoms with Gasteiger partial charge >= 0.3 is 0 Å². The van der Waals surface area contributed by atoms with Crippen LogP contribution in [0.25, 0.3) is 11.1 Å². The van der Waals surface area contributed by atoms with Crippen molar-refractivity contribution < 1.29 is 13.9 Å². The quantitative estimate of drug-likeness (QED) is 0.929. The molecule has 2 aromatic rings. The number of hydrogen-bond acceptors (Lipinski definition) is 5. The van der Waals surface area contributed by atoms with Gasteiger partial charge in [-0.3, -0.25) is 4.79 Å². The molecule has 1 aromatic carbocycles. The average Bonchev–Trinajstić information content (AvgIpc) is 2.80. The van der Waals surface area contributed by atoms with E-state index in [9.17, 15) is 9.18 Å². The fourth-order valence-corrected chi connectivity index (χ4v) is 2.60. The summed E-state index contributed by atoms with van der Waals surface area (Å²) in [5, 5.41) is 2.82. The molecule has 0 unspecified atom stereocenters. The van der Waals surface area contributed by atoms with E-state index in [4.69, 9.17) is 4.74 Å². The molecule has 1 amide bonds. The lowest BCUT2D eigenvalue weighted by Crippen LogP contribution is -2.29. The third-order valence-electron chi connectivity index (χ3n) is 3.79. The van der Waals surface area contributed by atoms with E-state index in [0.717, 1.165) is 11.1 Å². The summed E-state index contributed by atoms with van der Waals surface area (Å²) >= 11 is 0. The third kappa shape index (κ3) is 3.61. The minimum absolute atomic E-state index is 0.0433. The van der Waals surface area contributed by atoms with Gasteiger partial charge < -0.3 is 15.0 Å². The zero-order valence-corrected chi connectivity index (χ0v) is 13.5. The van der Waals surface area contributed by atoms with Gasteiger partial charge in [-0.25, -0.2) is 14.4 Å². The summed E-state index contributed by atoms with van der Waals surface area (Å²) < 4.78 is 18.9. The van der Waals surface area contributed by atoms with E-state index in [2.05, 4.69) is 15.3 Å². The van der Waals surface area contributed by atoms with Crippen LogP contribution in [0.15, 0.2) is 30.6 Å². The van der Waals surface area contributed by atoms with Crippen molar-refractivity contribution in [3.05, 3.63) is 36.4 Å². The van der Waals surface area contributed by atoms with Crippen LogP contribution in [0.2, 0.25) is 0 Å². The van der Waals surface area contributed by atoms with Gasteiger partial charge in [0.15, 0.2) is 0 Å². The van der Waals surface area contributed by atoms with E-state index in [-0.39, 0.29) is 11.7 Å². The van der Waals surface area contributed by atoms with Crippen molar-refractivity contribution in [2.24, 2.45) is 0 Å². The predicted molar refractivity (Wildman–Crippen MR) is 88.4 cm³/mol. The Balaban J connectivity index is 1.83. The fraction of sp³-hybridized carbons (Fsp3) is 0.353. The van der Waals surface area contributed by atoms with Crippen molar-refractivity contribution in [3.63, 3.8) is 0 Å². The topological polar surface area (TPSA) is 67.3 Å². The molecule has 6 nitrogen and oxygen atoms in total. The molecule has 1 saturated heterocycles. The molecule has 0 atom stereocenters.